The van der Waals surface area contributed by atoms with Crippen LogP contribution in [0.3, 0.4) is 0 Å². The molecule has 0 aliphatic heterocycles. The van der Waals surface area contributed by atoms with Gasteiger partial charge in [0.2, 0.25) is 0 Å². The Labute approximate surface area is 106 Å². The molecule has 1 aromatic carbocycles. The van der Waals surface area contributed by atoms with E-state index in [0.29, 0.717) is 6.54 Å². The second-order valence-corrected chi connectivity index (χ2v) is 4.54. The number of rotatable bonds is 4. The van der Waals surface area contributed by atoms with Gasteiger partial charge in [0, 0.05) is 17.6 Å². The fourth-order valence-corrected chi connectivity index (χ4v) is 1.92. The normalized spacial score (nSPS) is 10.8. The summed E-state index contributed by atoms with van der Waals surface area (Å²) in [5.41, 5.74) is 3.16. The van der Waals surface area contributed by atoms with Gasteiger partial charge in [-0.2, -0.15) is 0 Å². The van der Waals surface area contributed by atoms with Crippen LogP contribution in [0.5, 0.6) is 0 Å². The Morgan fingerprint density at radius 2 is 2.06 bits per heavy atom. The smallest absolute Gasteiger partial charge is 0.150 e. The minimum Gasteiger partial charge on any atom is -0.360 e. The molecule has 0 aliphatic rings. The lowest BCUT2D eigenvalue weighted by molar-refractivity contribution is 0.369. The van der Waals surface area contributed by atoms with Crippen molar-refractivity contribution in [1.29, 1.82) is 0 Å². The lowest BCUT2D eigenvalue weighted by Crippen LogP contribution is -2.12. The van der Waals surface area contributed by atoms with E-state index in [1.807, 2.05) is 32.0 Å². The van der Waals surface area contributed by atoms with Gasteiger partial charge in [0.15, 0.2) is 5.76 Å². The molecule has 0 unspecified atom stereocenters. The molecule has 3 nitrogen and oxygen atoms in total. The van der Waals surface area contributed by atoms with Gasteiger partial charge in [0.05, 0.1) is 12.2 Å². The Morgan fingerprint density at radius 3 is 2.71 bits per heavy atom. The first-order valence-electron chi connectivity index (χ1n) is 5.53. The number of aromatic nitrogens is 1. The zero-order chi connectivity index (χ0) is 12.3. The van der Waals surface area contributed by atoms with Crippen LogP contribution < -0.4 is 5.32 Å². The zero-order valence-corrected chi connectivity index (χ0v) is 10.7. The van der Waals surface area contributed by atoms with E-state index in [-0.39, 0.29) is 0 Å². The number of hydrogen-bond acceptors (Lipinski definition) is 3. The number of aryl methyl sites for hydroxylation is 2. The van der Waals surface area contributed by atoms with Crippen molar-refractivity contribution in [3.05, 3.63) is 51.9 Å². The van der Waals surface area contributed by atoms with Crippen molar-refractivity contribution in [1.82, 2.24) is 10.5 Å². The Bertz CT molecular complexity index is 508. The highest BCUT2D eigenvalue weighted by Gasteiger charge is 2.02. The molecule has 17 heavy (non-hydrogen) atoms. The predicted molar refractivity (Wildman–Crippen MR) is 68.0 cm³/mol. The molecule has 0 spiro atoms. The summed E-state index contributed by atoms with van der Waals surface area (Å²) >= 11 is 6.14. The molecule has 0 bridgehead atoms. The third kappa shape index (κ3) is 3.32. The predicted octanol–water partition coefficient (Wildman–Crippen LogP) is 3.23. The third-order valence-corrected chi connectivity index (χ3v) is 2.85. The minimum atomic E-state index is 0.658. The summed E-state index contributed by atoms with van der Waals surface area (Å²) in [6.07, 6.45) is 0. The molecule has 2 rings (SSSR count). The number of halogens is 1. The van der Waals surface area contributed by atoms with Gasteiger partial charge >= 0.3 is 0 Å². The quantitative estimate of drug-likeness (QED) is 0.905. The van der Waals surface area contributed by atoms with Crippen LogP contribution in [0.25, 0.3) is 0 Å². The van der Waals surface area contributed by atoms with Crippen LogP contribution in [0.2, 0.25) is 5.02 Å². The van der Waals surface area contributed by atoms with Crippen molar-refractivity contribution >= 4 is 11.6 Å². The molecule has 90 valence electrons. The lowest BCUT2D eigenvalue weighted by Gasteiger charge is -2.05. The van der Waals surface area contributed by atoms with Crippen molar-refractivity contribution in [3.8, 4) is 0 Å². The highest BCUT2D eigenvalue weighted by atomic mass is 35.5. The molecular formula is C13H15ClN2O. The largest absolute Gasteiger partial charge is 0.360 e. The molecule has 0 saturated carbocycles. The van der Waals surface area contributed by atoms with Gasteiger partial charge in [-0.1, -0.05) is 28.9 Å². The molecule has 1 N–H and O–H groups in total. The molecule has 2 aromatic rings. The first-order valence-corrected chi connectivity index (χ1v) is 5.91. The Morgan fingerprint density at radius 1 is 1.24 bits per heavy atom. The van der Waals surface area contributed by atoms with Crippen molar-refractivity contribution < 1.29 is 4.52 Å². The van der Waals surface area contributed by atoms with E-state index in [4.69, 9.17) is 16.1 Å². The monoisotopic (exact) mass is 250 g/mol. The maximum absolute atomic E-state index is 6.14. The van der Waals surface area contributed by atoms with Crippen molar-refractivity contribution in [3.63, 3.8) is 0 Å². The summed E-state index contributed by atoms with van der Waals surface area (Å²) in [6.45, 7) is 5.31. The van der Waals surface area contributed by atoms with E-state index in [1.165, 1.54) is 5.56 Å². The summed E-state index contributed by atoms with van der Waals surface area (Å²) in [5, 5.41) is 7.90. The highest BCUT2D eigenvalue weighted by Crippen LogP contribution is 2.17. The van der Waals surface area contributed by atoms with Gasteiger partial charge in [0.1, 0.15) is 0 Å². The second-order valence-electron chi connectivity index (χ2n) is 4.13. The molecule has 1 heterocycles. The molecule has 4 heteroatoms. The maximum Gasteiger partial charge on any atom is 0.150 e. The number of benzene rings is 1. The summed E-state index contributed by atoms with van der Waals surface area (Å²) in [5.74, 6) is 0.839. The van der Waals surface area contributed by atoms with Crippen LogP contribution in [0, 0.1) is 13.8 Å². The molecule has 0 saturated heterocycles. The van der Waals surface area contributed by atoms with Crippen molar-refractivity contribution in [2.24, 2.45) is 0 Å². The summed E-state index contributed by atoms with van der Waals surface area (Å²) in [7, 11) is 0. The summed E-state index contributed by atoms with van der Waals surface area (Å²) in [4.78, 5) is 0. The zero-order valence-electron chi connectivity index (χ0n) is 9.96. The van der Waals surface area contributed by atoms with Crippen LogP contribution in [0.4, 0.5) is 0 Å². The van der Waals surface area contributed by atoms with Gasteiger partial charge < -0.3 is 9.84 Å². The van der Waals surface area contributed by atoms with Crippen molar-refractivity contribution in [2.75, 3.05) is 0 Å². The van der Waals surface area contributed by atoms with Crippen LogP contribution in [-0.4, -0.2) is 5.16 Å². The standard InChI is InChI=1S/C13H15ClN2O/c1-9-3-4-11(13(14)5-9)7-15-8-12-6-10(2)16-17-12/h3-6,15H,7-8H2,1-2H3. The van der Waals surface area contributed by atoms with E-state index < -0.39 is 0 Å². The number of nitrogens with one attached hydrogen (secondary N) is 1. The number of hydrogen-bond donors (Lipinski definition) is 1. The first kappa shape index (κ1) is 12.1. The van der Waals surface area contributed by atoms with Gasteiger partial charge in [-0.05, 0) is 31.0 Å². The fourth-order valence-electron chi connectivity index (χ4n) is 1.62. The molecule has 0 aliphatic carbocycles. The molecule has 0 radical (unpaired) electrons. The Hall–Kier alpha value is -1.32. The van der Waals surface area contributed by atoms with Crippen LogP contribution >= 0.6 is 11.6 Å². The van der Waals surface area contributed by atoms with Gasteiger partial charge in [0.25, 0.3) is 0 Å². The average Bonchev–Trinajstić information content (AvgIpc) is 2.68. The fraction of sp³-hybridized carbons (Fsp3) is 0.308. The summed E-state index contributed by atoms with van der Waals surface area (Å²) < 4.78 is 5.11. The van der Waals surface area contributed by atoms with E-state index in [0.717, 1.165) is 28.6 Å². The van der Waals surface area contributed by atoms with Crippen LogP contribution in [0.1, 0.15) is 22.6 Å². The van der Waals surface area contributed by atoms with Gasteiger partial charge in [-0.25, -0.2) is 0 Å². The van der Waals surface area contributed by atoms with Crippen LogP contribution in [-0.2, 0) is 13.1 Å². The first-order chi connectivity index (χ1) is 8.15. The molecule has 0 fully saturated rings. The topological polar surface area (TPSA) is 38.1 Å². The van der Waals surface area contributed by atoms with E-state index in [9.17, 15) is 0 Å². The Balaban J connectivity index is 1.90. The number of nitrogens with zero attached hydrogens (tertiary/aromatic N) is 1. The molecule has 0 amide bonds. The highest BCUT2D eigenvalue weighted by molar-refractivity contribution is 6.31. The summed E-state index contributed by atoms with van der Waals surface area (Å²) in [6, 6.07) is 7.98. The lowest BCUT2D eigenvalue weighted by atomic mass is 10.1. The third-order valence-electron chi connectivity index (χ3n) is 2.50. The van der Waals surface area contributed by atoms with Crippen molar-refractivity contribution in [2.45, 2.75) is 26.9 Å². The van der Waals surface area contributed by atoms with E-state index >= 15 is 0 Å². The second kappa shape index (κ2) is 5.34. The molecule has 0 atom stereocenters. The SMILES string of the molecule is Cc1ccc(CNCc2cc(C)no2)c(Cl)c1. The van der Waals surface area contributed by atoms with Crippen LogP contribution in [0.15, 0.2) is 28.8 Å². The molecular weight excluding hydrogens is 236 g/mol. The molecule has 1 aromatic heterocycles. The average molecular weight is 251 g/mol. The maximum atomic E-state index is 6.14. The Kier molecular flexibility index (Phi) is 3.82. The minimum absolute atomic E-state index is 0.658. The van der Waals surface area contributed by atoms with Gasteiger partial charge in [-0.3, -0.25) is 0 Å². The van der Waals surface area contributed by atoms with E-state index in [2.05, 4.69) is 16.5 Å². The van der Waals surface area contributed by atoms with E-state index in [1.54, 1.807) is 0 Å². The van der Waals surface area contributed by atoms with Gasteiger partial charge in [-0.15, -0.1) is 0 Å².